The quantitative estimate of drug-likeness (QED) is 0.544. The molecule has 1 aliphatic heterocycles. The molecule has 1 aliphatic carbocycles. The highest BCUT2D eigenvalue weighted by Crippen LogP contribution is 2.51. The van der Waals surface area contributed by atoms with Gasteiger partial charge in [0.15, 0.2) is 0 Å². The monoisotopic (exact) mass is 516 g/mol. The Bertz CT molecular complexity index is 1340. The number of hydrogen-bond acceptors (Lipinski definition) is 5. The van der Waals surface area contributed by atoms with Crippen LogP contribution < -0.4 is 10.9 Å². The molecule has 4 unspecified atom stereocenters. The van der Waals surface area contributed by atoms with Gasteiger partial charge in [-0.15, -0.1) is 0 Å². The minimum Gasteiger partial charge on any atom is -0.306 e. The van der Waals surface area contributed by atoms with E-state index >= 15 is 0 Å². The third kappa shape index (κ3) is 3.71. The number of nitrogens with zero attached hydrogens (tertiary/aromatic N) is 3. The van der Waals surface area contributed by atoms with Crippen molar-refractivity contribution in [2.24, 2.45) is 18.9 Å². The number of fused-ring (bicyclic) bond motifs is 2. The van der Waals surface area contributed by atoms with Crippen LogP contribution in [0.5, 0.6) is 0 Å². The van der Waals surface area contributed by atoms with Crippen molar-refractivity contribution in [1.29, 1.82) is 0 Å². The third-order valence-electron chi connectivity index (χ3n) is 6.71. The van der Waals surface area contributed by atoms with Crippen molar-refractivity contribution in [3.05, 3.63) is 69.2 Å². The van der Waals surface area contributed by atoms with Gasteiger partial charge in [-0.25, -0.2) is 13.4 Å². The second-order valence-electron chi connectivity index (χ2n) is 8.74. The molecule has 7 nitrogen and oxygen atoms in total. The molecule has 1 saturated carbocycles. The van der Waals surface area contributed by atoms with Crippen LogP contribution in [0.4, 0.5) is 0 Å². The first-order valence-electron chi connectivity index (χ1n) is 10.7. The van der Waals surface area contributed by atoms with E-state index in [1.54, 1.807) is 46.3 Å². The number of benzene rings is 2. The molecule has 5 rings (SSSR count). The van der Waals surface area contributed by atoms with Gasteiger partial charge in [-0.05, 0) is 61.6 Å². The molecule has 1 saturated heterocycles. The second kappa shape index (κ2) is 8.06. The van der Waals surface area contributed by atoms with Gasteiger partial charge >= 0.3 is 0 Å². The lowest BCUT2D eigenvalue weighted by Gasteiger charge is -2.28. The van der Waals surface area contributed by atoms with Gasteiger partial charge < -0.3 is 5.32 Å². The SMILES string of the molecule is CC(NCC1C2CC2CN1S(=O)(=O)c1ccc(Br)cc1)c1nc2ccccc2c(=O)n1C. The smallest absolute Gasteiger partial charge is 0.261 e. The molecule has 0 amide bonds. The molecule has 4 atom stereocenters. The first-order valence-corrected chi connectivity index (χ1v) is 13.0. The van der Waals surface area contributed by atoms with Gasteiger partial charge in [-0.1, -0.05) is 28.1 Å². The summed E-state index contributed by atoms with van der Waals surface area (Å²) >= 11 is 3.36. The highest BCUT2D eigenvalue weighted by molar-refractivity contribution is 9.10. The summed E-state index contributed by atoms with van der Waals surface area (Å²) in [4.78, 5) is 17.8. The first-order chi connectivity index (χ1) is 15.3. The van der Waals surface area contributed by atoms with E-state index in [9.17, 15) is 13.2 Å². The summed E-state index contributed by atoms with van der Waals surface area (Å²) in [6.45, 7) is 3.04. The summed E-state index contributed by atoms with van der Waals surface area (Å²) in [5.74, 6) is 1.46. The number of sulfonamides is 1. The number of halogens is 1. The lowest BCUT2D eigenvalue weighted by molar-refractivity contribution is 0.319. The van der Waals surface area contributed by atoms with Gasteiger partial charge in [-0.2, -0.15) is 4.31 Å². The summed E-state index contributed by atoms with van der Waals surface area (Å²) in [6.07, 6.45) is 1.07. The van der Waals surface area contributed by atoms with Crippen LogP contribution in [0.15, 0.2) is 62.7 Å². The fourth-order valence-electron chi connectivity index (χ4n) is 4.82. The van der Waals surface area contributed by atoms with Crippen molar-refractivity contribution in [2.75, 3.05) is 13.1 Å². The van der Waals surface area contributed by atoms with E-state index < -0.39 is 10.0 Å². The van der Waals surface area contributed by atoms with Crippen LogP contribution in [0, 0.1) is 11.8 Å². The zero-order chi connectivity index (χ0) is 22.6. The summed E-state index contributed by atoms with van der Waals surface area (Å²) in [5.41, 5.74) is 0.587. The Kier molecular flexibility index (Phi) is 5.48. The molecule has 0 bridgehead atoms. The molecule has 0 spiro atoms. The molecule has 2 aliphatic rings. The average molecular weight is 517 g/mol. The summed E-state index contributed by atoms with van der Waals surface area (Å²) in [5, 5.41) is 4.05. The normalized spacial score (nSPS) is 23.9. The molecule has 168 valence electrons. The minimum atomic E-state index is -3.56. The Labute approximate surface area is 195 Å². The highest BCUT2D eigenvalue weighted by Gasteiger charge is 2.55. The van der Waals surface area contributed by atoms with Gasteiger partial charge in [0.2, 0.25) is 10.0 Å². The topological polar surface area (TPSA) is 84.3 Å². The number of para-hydroxylation sites is 1. The molecule has 0 radical (unpaired) electrons. The number of nitrogens with one attached hydrogen (secondary N) is 1. The molecule has 2 aromatic carbocycles. The summed E-state index contributed by atoms with van der Waals surface area (Å²) in [7, 11) is -1.83. The van der Waals surface area contributed by atoms with E-state index in [1.165, 1.54) is 0 Å². The van der Waals surface area contributed by atoms with Crippen LogP contribution in [0.1, 0.15) is 25.2 Å². The van der Waals surface area contributed by atoms with Gasteiger partial charge in [-0.3, -0.25) is 9.36 Å². The molecule has 2 fully saturated rings. The van der Waals surface area contributed by atoms with Crippen LogP contribution >= 0.6 is 15.9 Å². The fourth-order valence-corrected chi connectivity index (χ4v) is 6.81. The molecular weight excluding hydrogens is 492 g/mol. The molecule has 9 heteroatoms. The summed E-state index contributed by atoms with van der Waals surface area (Å²) < 4.78 is 30.7. The summed E-state index contributed by atoms with van der Waals surface area (Å²) in [6, 6.07) is 13.8. The van der Waals surface area contributed by atoms with Crippen molar-refractivity contribution < 1.29 is 8.42 Å². The first kappa shape index (κ1) is 21.8. The second-order valence-corrected chi connectivity index (χ2v) is 11.5. The van der Waals surface area contributed by atoms with Gasteiger partial charge in [0.1, 0.15) is 5.82 Å². The van der Waals surface area contributed by atoms with E-state index in [1.807, 2.05) is 25.1 Å². The fraction of sp³-hybridized carbons (Fsp3) is 0.391. The molecule has 3 aromatic rings. The molecule has 32 heavy (non-hydrogen) atoms. The maximum atomic E-state index is 13.3. The zero-order valence-electron chi connectivity index (χ0n) is 17.9. The molecule has 1 aromatic heterocycles. The third-order valence-corrected chi connectivity index (χ3v) is 9.15. The number of aromatic nitrogens is 2. The van der Waals surface area contributed by atoms with Gasteiger partial charge in [0.25, 0.3) is 5.56 Å². The van der Waals surface area contributed by atoms with Crippen LogP contribution in [0.3, 0.4) is 0 Å². The highest BCUT2D eigenvalue weighted by atomic mass is 79.9. The Morgan fingerprint density at radius 1 is 1.19 bits per heavy atom. The van der Waals surface area contributed by atoms with Crippen molar-refractivity contribution in [1.82, 2.24) is 19.2 Å². The molecular formula is C23H25BrN4O3S. The Morgan fingerprint density at radius 2 is 1.91 bits per heavy atom. The van der Waals surface area contributed by atoms with Gasteiger partial charge in [0, 0.05) is 30.7 Å². The Balaban J connectivity index is 1.37. The van der Waals surface area contributed by atoms with E-state index in [2.05, 4.69) is 21.2 Å². The maximum absolute atomic E-state index is 13.3. The predicted molar refractivity (Wildman–Crippen MR) is 127 cm³/mol. The van der Waals surface area contributed by atoms with Crippen molar-refractivity contribution >= 4 is 36.9 Å². The molecule has 2 heterocycles. The van der Waals surface area contributed by atoms with E-state index in [4.69, 9.17) is 4.98 Å². The lowest BCUT2D eigenvalue weighted by Crippen LogP contribution is -2.45. The minimum absolute atomic E-state index is 0.0817. The standard InChI is InChI=1S/C23H25BrN4O3S/c1-14(22-26-20-6-4-3-5-18(20)23(29)27(22)2)25-12-21-19-11-15(19)13-28(21)32(30,31)17-9-7-16(24)8-10-17/h3-10,14-15,19,21,25H,11-13H2,1-2H3. The Morgan fingerprint density at radius 3 is 2.66 bits per heavy atom. The largest absolute Gasteiger partial charge is 0.306 e. The van der Waals surface area contributed by atoms with Crippen molar-refractivity contribution in [3.8, 4) is 0 Å². The van der Waals surface area contributed by atoms with Gasteiger partial charge in [0.05, 0.1) is 21.8 Å². The Hall–Kier alpha value is -2.07. The maximum Gasteiger partial charge on any atom is 0.261 e. The number of piperidine rings is 1. The van der Waals surface area contributed by atoms with E-state index in [-0.39, 0.29) is 17.6 Å². The van der Waals surface area contributed by atoms with E-state index in [0.29, 0.717) is 46.5 Å². The predicted octanol–water partition coefficient (Wildman–Crippen LogP) is 3.06. The number of rotatable bonds is 6. The average Bonchev–Trinajstić information content (AvgIpc) is 3.46. The van der Waals surface area contributed by atoms with Crippen molar-refractivity contribution in [3.63, 3.8) is 0 Å². The van der Waals surface area contributed by atoms with Crippen LogP contribution in [-0.2, 0) is 17.1 Å². The van der Waals surface area contributed by atoms with Crippen LogP contribution in [-0.4, -0.2) is 41.4 Å². The van der Waals surface area contributed by atoms with Crippen LogP contribution in [0.2, 0.25) is 0 Å². The molecule has 1 N–H and O–H groups in total. The lowest BCUT2D eigenvalue weighted by atomic mass is 10.2. The van der Waals surface area contributed by atoms with E-state index in [0.717, 1.165) is 10.9 Å². The van der Waals surface area contributed by atoms with Crippen molar-refractivity contribution in [2.45, 2.75) is 30.3 Å². The van der Waals surface area contributed by atoms with Crippen LogP contribution in [0.25, 0.3) is 10.9 Å². The zero-order valence-corrected chi connectivity index (χ0v) is 20.3. The number of hydrogen-bond donors (Lipinski definition) is 1.